The van der Waals surface area contributed by atoms with E-state index in [9.17, 15) is 13.2 Å². The summed E-state index contributed by atoms with van der Waals surface area (Å²) < 4.78 is 25.9. The molecule has 6 nitrogen and oxygen atoms in total. The molecule has 0 aliphatic heterocycles. The molecule has 0 aromatic carbocycles. The molecule has 0 saturated heterocycles. The number of aliphatic hydroxyl groups excluding tert-OH is 1. The van der Waals surface area contributed by atoms with Crippen LogP contribution in [0.2, 0.25) is 0 Å². The number of hydrogen-bond donors (Lipinski definition) is 2. The van der Waals surface area contributed by atoms with E-state index in [2.05, 4.69) is 0 Å². The van der Waals surface area contributed by atoms with Crippen molar-refractivity contribution in [3.63, 3.8) is 0 Å². The van der Waals surface area contributed by atoms with Gasteiger partial charge in [0.05, 0.1) is 6.61 Å². The molecule has 1 heterocycles. The predicted octanol–water partition coefficient (Wildman–Crippen LogP) is 1.23. The number of carboxylic acid groups (broad SMARTS) is 1. The molecule has 0 bridgehead atoms. The van der Waals surface area contributed by atoms with E-state index in [-0.39, 0.29) is 29.5 Å². The second kappa shape index (κ2) is 6.99. The highest BCUT2D eigenvalue weighted by Crippen LogP contribution is 2.25. The minimum atomic E-state index is -3.86. The maximum absolute atomic E-state index is 12.4. The molecule has 2 N–H and O–H groups in total. The van der Waals surface area contributed by atoms with Crippen molar-refractivity contribution < 1.29 is 23.4 Å². The summed E-state index contributed by atoms with van der Waals surface area (Å²) in [6.07, 6.45) is 1.47. The van der Waals surface area contributed by atoms with Gasteiger partial charge in [-0.3, -0.25) is 0 Å². The Morgan fingerprint density at radius 3 is 2.63 bits per heavy atom. The van der Waals surface area contributed by atoms with Crippen LogP contribution >= 0.6 is 11.3 Å². The summed E-state index contributed by atoms with van der Waals surface area (Å²) in [6, 6.07) is 1.29. The molecule has 0 atom stereocenters. The Labute approximate surface area is 116 Å². The zero-order valence-electron chi connectivity index (χ0n) is 10.6. The van der Waals surface area contributed by atoms with Crippen LogP contribution in [0.3, 0.4) is 0 Å². The molecule has 19 heavy (non-hydrogen) atoms. The third-order valence-corrected chi connectivity index (χ3v) is 5.52. The first-order valence-corrected chi connectivity index (χ1v) is 8.19. The highest BCUT2D eigenvalue weighted by molar-refractivity contribution is 7.89. The molecule has 0 aliphatic rings. The first-order valence-electron chi connectivity index (χ1n) is 5.87. The number of unbranched alkanes of at least 4 members (excludes halogenated alkanes) is 1. The average Bonchev–Trinajstić information content (AvgIpc) is 2.84. The number of hydrogen-bond acceptors (Lipinski definition) is 5. The van der Waals surface area contributed by atoms with E-state index in [0.717, 1.165) is 22.1 Å². The van der Waals surface area contributed by atoms with E-state index in [1.165, 1.54) is 11.4 Å². The van der Waals surface area contributed by atoms with Crippen LogP contribution in [-0.2, 0) is 10.0 Å². The topological polar surface area (TPSA) is 94.9 Å². The molecule has 1 rings (SSSR count). The van der Waals surface area contributed by atoms with Crippen molar-refractivity contribution >= 4 is 27.3 Å². The summed E-state index contributed by atoms with van der Waals surface area (Å²) in [5.74, 6) is -1.26. The molecule has 1 aromatic rings. The number of sulfonamides is 1. The lowest BCUT2D eigenvalue weighted by Gasteiger charge is -2.20. The number of carboxylic acids is 1. The van der Waals surface area contributed by atoms with Crippen molar-refractivity contribution in [1.29, 1.82) is 0 Å². The van der Waals surface area contributed by atoms with Gasteiger partial charge in [0.15, 0.2) is 0 Å². The lowest BCUT2D eigenvalue weighted by atomic mass is 10.3. The number of carbonyl (C=O) groups is 1. The Kier molecular flexibility index (Phi) is 5.92. The maximum atomic E-state index is 12.4. The van der Waals surface area contributed by atoms with Gasteiger partial charge in [-0.15, -0.1) is 11.3 Å². The lowest BCUT2D eigenvalue weighted by molar-refractivity contribution is 0.0698. The van der Waals surface area contributed by atoms with E-state index < -0.39 is 16.0 Å². The molecule has 1 aromatic heterocycles. The molecule has 0 radical (unpaired) electrons. The van der Waals surface area contributed by atoms with E-state index in [1.54, 1.807) is 0 Å². The largest absolute Gasteiger partial charge is 0.477 e. The van der Waals surface area contributed by atoms with Crippen molar-refractivity contribution in [3.8, 4) is 0 Å². The van der Waals surface area contributed by atoms with Crippen LogP contribution in [-0.4, -0.2) is 48.6 Å². The molecule has 0 aliphatic carbocycles. The highest BCUT2D eigenvalue weighted by Gasteiger charge is 2.29. The van der Waals surface area contributed by atoms with Crippen molar-refractivity contribution in [2.75, 3.05) is 19.7 Å². The normalized spacial score (nSPS) is 11.9. The van der Waals surface area contributed by atoms with Crippen molar-refractivity contribution in [2.45, 2.75) is 24.7 Å². The number of thiophene rings is 1. The monoisotopic (exact) mass is 307 g/mol. The SMILES string of the molecule is CCCCN(CCO)S(=O)(=O)c1ccsc1C(=O)O. The van der Waals surface area contributed by atoms with Crippen molar-refractivity contribution in [1.82, 2.24) is 4.31 Å². The number of aromatic carboxylic acids is 1. The standard InChI is InChI=1S/C11H17NO5S2/c1-2-3-5-12(6-7-13)19(16,17)9-4-8-18-10(9)11(14)15/h4,8,13H,2-3,5-7H2,1H3,(H,14,15). The molecular formula is C11H17NO5S2. The summed E-state index contributed by atoms with van der Waals surface area (Å²) in [7, 11) is -3.86. The van der Waals surface area contributed by atoms with Gasteiger partial charge in [0.1, 0.15) is 9.77 Å². The first kappa shape index (κ1) is 16.1. The van der Waals surface area contributed by atoms with Crippen LogP contribution in [0.5, 0.6) is 0 Å². The lowest BCUT2D eigenvalue weighted by Crippen LogP contribution is -2.34. The number of nitrogens with zero attached hydrogens (tertiary/aromatic N) is 1. The van der Waals surface area contributed by atoms with Crippen molar-refractivity contribution in [3.05, 3.63) is 16.3 Å². The molecule has 0 saturated carbocycles. The van der Waals surface area contributed by atoms with Gasteiger partial charge in [-0.1, -0.05) is 13.3 Å². The molecule has 108 valence electrons. The van der Waals surface area contributed by atoms with Gasteiger partial charge >= 0.3 is 5.97 Å². The van der Waals surface area contributed by atoms with Gasteiger partial charge in [0.25, 0.3) is 0 Å². The Morgan fingerprint density at radius 2 is 2.11 bits per heavy atom. The molecule has 8 heteroatoms. The first-order chi connectivity index (χ1) is 8.95. The third kappa shape index (κ3) is 3.75. The predicted molar refractivity (Wildman–Crippen MR) is 72.0 cm³/mol. The van der Waals surface area contributed by atoms with Crippen molar-refractivity contribution in [2.24, 2.45) is 0 Å². The summed E-state index contributed by atoms with van der Waals surface area (Å²) in [6.45, 7) is 1.87. The van der Waals surface area contributed by atoms with Crippen LogP contribution in [0, 0.1) is 0 Å². The fourth-order valence-electron chi connectivity index (χ4n) is 1.59. The van der Waals surface area contributed by atoms with Crippen LogP contribution in [0.25, 0.3) is 0 Å². The van der Waals surface area contributed by atoms with Crippen LogP contribution in [0.1, 0.15) is 29.4 Å². The maximum Gasteiger partial charge on any atom is 0.347 e. The molecule has 0 unspecified atom stereocenters. The van der Waals surface area contributed by atoms with E-state index in [0.29, 0.717) is 6.42 Å². The summed E-state index contributed by atoms with van der Waals surface area (Å²) in [4.78, 5) is 10.6. The van der Waals surface area contributed by atoms with Crippen LogP contribution < -0.4 is 0 Å². The fraction of sp³-hybridized carbons (Fsp3) is 0.545. The average molecular weight is 307 g/mol. The highest BCUT2D eigenvalue weighted by atomic mass is 32.2. The zero-order chi connectivity index (χ0) is 14.5. The van der Waals surface area contributed by atoms with E-state index >= 15 is 0 Å². The summed E-state index contributed by atoms with van der Waals surface area (Å²) in [5, 5.41) is 19.4. The Bertz CT molecular complexity index is 523. The molecule has 0 fully saturated rings. The summed E-state index contributed by atoms with van der Waals surface area (Å²) in [5.41, 5.74) is 0. The Balaban J connectivity index is 3.11. The van der Waals surface area contributed by atoms with Crippen LogP contribution in [0.15, 0.2) is 16.3 Å². The third-order valence-electron chi connectivity index (χ3n) is 2.55. The summed E-state index contributed by atoms with van der Waals surface area (Å²) >= 11 is 0.876. The van der Waals surface area contributed by atoms with Gasteiger partial charge in [-0.05, 0) is 17.9 Å². The second-order valence-corrected chi connectivity index (χ2v) is 6.72. The quantitative estimate of drug-likeness (QED) is 0.753. The van der Waals surface area contributed by atoms with Crippen LogP contribution in [0.4, 0.5) is 0 Å². The molecule has 0 amide bonds. The van der Waals surface area contributed by atoms with E-state index in [4.69, 9.17) is 10.2 Å². The van der Waals surface area contributed by atoms with Gasteiger partial charge in [-0.25, -0.2) is 13.2 Å². The Morgan fingerprint density at radius 1 is 1.42 bits per heavy atom. The second-order valence-electron chi connectivity index (χ2n) is 3.90. The number of aliphatic hydroxyl groups is 1. The fourth-order valence-corrected chi connectivity index (χ4v) is 4.30. The number of rotatable bonds is 8. The minimum absolute atomic E-state index is 0.0305. The smallest absolute Gasteiger partial charge is 0.347 e. The molecular weight excluding hydrogens is 290 g/mol. The van der Waals surface area contributed by atoms with Gasteiger partial charge in [0, 0.05) is 13.1 Å². The van der Waals surface area contributed by atoms with Gasteiger partial charge in [0.2, 0.25) is 10.0 Å². The van der Waals surface area contributed by atoms with Gasteiger partial charge < -0.3 is 10.2 Å². The minimum Gasteiger partial charge on any atom is -0.477 e. The Hall–Kier alpha value is -0.960. The zero-order valence-corrected chi connectivity index (χ0v) is 12.2. The van der Waals surface area contributed by atoms with E-state index in [1.807, 2.05) is 6.92 Å². The molecule has 0 spiro atoms. The van der Waals surface area contributed by atoms with Gasteiger partial charge in [-0.2, -0.15) is 4.31 Å².